The van der Waals surface area contributed by atoms with E-state index in [1.807, 2.05) is 18.2 Å². The molecule has 0 radical (unpaired) electrons. The largest absolute Gasteiger partial charge is 0.306 e. The smallest absolute Gasteiger partial charge is 0.0702 e. The van der Waals surface area contributed by atoms with Gasteiger partial charge in [0.25, 0.3) is 0 Å². The second-order valence-corrected chi connectivity index (χ2v) is 7.53. The Morgan fingerprint density at radius 2 is 2.05 bits per heavy atom. The van der Waals surface area contributed by atoms with Gasteiger partial charge in [-0.3, -0.25) is 0 Å². The number of halogens is 3. The molecule has 1 aromatic carbocycles. The number of hydrogen-bond acceptors (Lipinski definition) is 2. The van der Waals surface area contributed by atoms with Crippen molar-refractivity contribution in [3.8, 4) is 0 Å². The molecular formula is C14H14BrCl2NS. The second-order valence-electron chi connectivity index (χ2n) is 4.19. The van der Waals surface area contributed by atoms with Gasteiger partial charge in [0.1, 0.15) is 0 Å². The fraction of sp³-hybridized carbons (Fsp3) is 0.286. The maximum Gasteiger partial charge on any atom is 0.0702 e. The summed E-state index contributed by atoms with van der Waals surface area (Å²) in [4.78, 5) is 1.23. The number of rotatable bonds is 5. The minimum atomic E-state index is 0.0856. The molecular weight excluding hydrogens is 365 g/mol. The summed E-state index contributed by atoms with van der Waals surface area (Å²) >= 11 is 17.6. The van der Waals surface area contributed by atoms with E-state index in [4.69, 9.17) is 23.2 Å². The van der Waals surface area contributed by atoms with E-state index < -0.39 is 0 Å². The van der Waals surface area contributed by atoms with E-state index >= 15 is 0 Å². The zero-order chi connectivity index (χ0) is 13.8. The number of hydrogen-bond donors (Lipinski definition) is 1. The minimum absolute atomic E-state index is 0.0856. The summed E-state index contributed by atoms with van der Waals surface area (Å²) in [7, 11) is 0. The van der Waals surface area contributed by atoms with Gasteiger partial charge in [-0.15, -0.1) is 11.3 Å². The molecule has 1 heterocycles. The molecule has 102 valence electrons. The zero-order valence-electron chi connectivity index (χ0n) is 10.4. The van der Waals surface area contributed by atoms with Crippen LogP contribution in [-0.2, 0) is 0 Å². The topological polar surface area (TPSA) is 12.0 Å². The second kappa shape index (κ2) is 7.09. The monoisotopic (exact) mass is 377 g/mol. The predicted molar refractivity (Wildman–Crippen MR) is 88.6 cm³/mol. The van der Waals surface area contributed by atoms with Gasteiger partial charge < -0.3 is 5.32 Å². The summed E-state index contributed by atoms with van der Waals surface area (Å²) in [5.41, 5.74) is 1.02. The first-order valence-electron chi connectivity index (χ1n) is 6.05. The summed E-state index contributed by atoms with van der Waals surface area (Å²) in [5.74, 6) is 0. The van der Waals surface area contributed by atoms with Crippen molar-refractivity contribution >= 4 is 50.5 Å². The highest BCUT2D eigenvalue weighted by atomic mass is 79.9. The van der Waals surface area contributed by atoms with Crippen LogP contribution >= 0.6 is 50.5 Å². The molecule has 2 aromatic rings. The van der Waals surface area contributed by atoms with Crippen molar-refractivity contribution in [1.29, 1.82) is 0 Å². The first kappa shape index (κ1) is 15.3. The molecule has 5 heteroatoms. The van der Waals surface area contributed by atoms with Crippen LogP contribution in [0.4, 0.5) is 0 Å². The van der Waals surface area contributed by atoms with Crippen molar-refractivity contribution in [3.63, 3.8) is 0 Å². The predicted octanol–water partition coefficient (Wildman–Crippen LogP) is 5.91. The maximum absolute atomic E-state index is 6.32. The van der Waals surface area contributed by atoms with Crippen molar-refractivity contribution in [2.24, 2.45) is 0 Å². The molecule has 19 heavy (non-hydrogen) atoms. The van der Waals surface area contributed by atoms with Gasteiger partial charge in [0.2, 0.25) is 0 Å². The van der Waals surface area contributed by atoms with Crippen molar-refractivity contribution in [2.45, 2.75) is 19.4 Å². The van der Waals surface area contributed by atoms with Crippen LogP contribution in [0, 0.1) is 0 Å². The molecule has 0 aliphatic rings. The lowest BCUT2D eigenvalue weighted by Crippen LogP contribution is -2.22. The SMILES string of the molecule is CCCNC(c1ccc(Br)s1)c1cc(Cl)ccc1Cl. The van der Waals surface area contributed by atoms with E-state index in [-0.39, 0.29) is 6.04 Å². The van der Waals surface area contributed by atoms with Crippen molar-refractivity contribution in [2.75, 3.05) is 6.54 Å². The average molecular weight is 379 g/mol. The van der Waals surface area contributed by atoms with Gasteiger partial charge >= 0.3 is 0 Å². The lowest BCUT2D eigenvalue weighted by atomic mass is 10.1. The van der Waals surface area contributed by atoms with Crippen LogP contribution in [0.1, 0.15) is 29.8 Å². The Morgan fingerprint density at radius 1 is 1.26 bits per heavy atom. The van der Waals surface area contributed by atoms with E-state index in [9.17, 15) is 0 Å². The summed E-state index contributed by atoms with van der Waals surface area (Å²) in [5, 5.41) is 4.98. The first-order valence-corrected chi connectivity index (χ1v) is 8.42. The number of thiophene rings is 1. The van der Waals surface area contributed by atoms with Gasteiger partial charge in [0.15, 0.2) is 0 Å². The fourth-order valence-corrected chi connectivity index (χ4v) is 3.80. The number of nitrogens with one attached hydrogen (secondary N) is 1. The average Bonchev–Trinajstić information content (AvgIpc) is 2.80. The molecule has 0 saturated heterocycles. The standard InChI is InChI=1S/C14H14BrCl2NS/c1-2-7-18-14(12-5-6-13(15)19-12)10-8-9(16)3-4-11(10)17/h3-6,8,14,18H,2,7H2,1H3. The minimum Gasteiger partial charge on any atom is -0.306 e. The zero-order valence-corrected chi connectivity index (χ0v) is 14.3. The highest BCUT2D eigenvalue weighted by molar-refractivity contribution is 9.11. The van der Waals surface area contributed by atoms with Gasteiger partial charge in [0.05, 0.1) is 9.83 Å². The number of benzene rings is 1. The molecule has 1 unspecified atom stereocenters. The van der Waals surface area contributed by atoms with Crippen LogP contribution in [0.2, 0.25) is 10.0 Å². The van der Waals surface area contributed by atoms with E-state index in [0.29, 0.717) is 5.02 Å². The molecule has 0 aliphatic carbocycles. The molecule has 0 spiro atoms. The van der Waals surface area contributed by atoms with Gasteiger partial charge in [-0.05, 0) is 64.8 Å². The van der Waals surface area contributed by atoms with Crippen LogP contribution in [0.25, 0.3) is 0 Å². The molecule has 1 N–H and O–H groups in total. The molecule has 2 rings (SSSR count). The highest BCUT2D eigenvalue weighted by Crippen LogP contribution is 2.35. The fourth-order valence-electron chi connectivity index (χ4n) is 1.87. The van der Waals surface area contributed by atoms with Crippen LogP contribution in [0.3, 0.4) is 0 Å². The van der Waals surface area contributed by atoms with Crippen LogP contribution in [-0.4, -0.2) is 6.54 Å². The summed E-state index contributed by atoms with van der Waals surface area (Å²) in [6, 6.07) is 9.85. The van der Waals surface area contributed by atoms with E-state index in [0.717, 1.165) is 27.3 Å². The summed E-state index contributed by atoms with van der Waals surface area (Å²) in [6.07, 6.45) is 1.07. The Bertz CT molecular complexity index is 556. The van der Waals surface area contributed by atoms with Crippen LogP contribution < -0.4 is 5.32 Å². The third-order valence-corrected chi connectivity index (χ3v) is 5.01. The van der Waals surface area contributed by atoms with Gasteiger partial charge in [0, 0.05) is 14.9 Å². The molecule has 0 bridgehead atoms. The third-order valence-electron chi connectivity index (χ3n) is 2.75. The normalized spacial score (nSPS) is 12.6. The van der Waals surface area contributed by atoms with Crippen molar-refractivity contribution < 1.29 is 0 Å². The van der Waals surface area contributed by atoms with Gasteiger partial charge in [-0.25, -0.2) is 0 Å². The lowest BCUT2D eigenvalue weighted by molar-refractivity contribution is 0.606. The summed E-state index contributed by atoms with van der Waals surface area (Å²) in [6.45, 7) is 3.08. The van der Waals surface area contributed by atoms with Gasteiger partial charge in [-0.2, -0.15) is 0 Å². The lowest BCUT2D eigenvalue weighted by Gasteiger charge is -2.19. The molecule has 1 aromatic heterocycles. The Kier molecular flexibility index (Phi) is 5.72. The van der Waals surface area contributed by atoms with Crippen molar-refractivity contribution in [3.05, 3.63) is 54.6 Å². The highest BCUT2D eigenvalue weighted by Gasteiger charge is 2.18. The molecule has 0 fully saturated rings. The molecule has 1 atom stereocenters. The van der Waals surface area contributed by atoms with Gasteiger partial charge in [-0.1, -0.05) is 30.1 Å². The third kappa shape index (κ3) is 3.96. The van der Waals surface area contributed by atoms with E-state index in [1.165, 1.54) is 4.88 Å². The van der Waals surface area contributed by atoms with Crippen LogP contribution in [0.15, 0.2) is 34.1 Å². The molecule has 0 aliphatic heterocycles. The first-order chi connectivity index (χ1) is 9.11. The maximum atomic E-state index is 6.32. The van der Waals surface area contributed by atoms with E-state index in [1.54, 1.807) is 11.3 Å². The molecule has 0 saturated carbocycles. The summed E-state index contributed by atoms with van der Waals surface area (Å²) < 4.78 is 1.11. The molecule has 0 amide bonds. The Hall–Kier alpha value is -0.0600. The quantitative estimate of drug-likeness (QED) is 0.682. The van der Waals surface area contributed by atoms with E-state index in [2.05, 4.69) is 40.3 Å². The molecule has 1 nitrogen and oxygen atoms in total. The Balaban J connectivity index is 2.39. The van der Waals surface area contributed by atoms with Crippen molar-refractivity contribution in [1.82, 2.24) is 5.32 Å². The Labute approximate surface area is 136 Å². The van der Waals surface area contributed by atoms with Crippen LogP contribution in [0.5, 0.6) is 0 Å². The Morgan fingerprint density at radius 3 is 2.68 bits per heavy atom.